The third kappa shape index (κ3) is 4.91. The number of amides is 2. The molecule has 1 saturated heterocycles. The number of halogens is 3. The summed E-state index contributed by atoms with van der Waals surface area (Å²) in [6.07, 6.45) is 1.49. The lowest BCUT2D eigenvalue weighted by Crippen LogP contribution is -2.31. The molecule has 0 radical (unpaired) electrons. The molecule has 0 bridgehead atoms. The van der Waals surface area contributed by atoms with Gasteiger partial charge >= 0.3 is 0 Å². The van der Waals surface area contributed by atoms with Crippen LogP contribution in [0.3, 0.4) is 0 Å². The molecule has 2 aromatic carbocycles. The second-order valence-corrected chi connectivity index (χ2v) is 8.30. The molecule has 4 nitrogen and oxygen atoms in total. The van der Waals surface area contributed by atoms with E-state index in [0.717, 1.165) is 11.8 Å². The van der Waals surface area contributed by atoms with Crippen molar-refractivity contribution in [1.82, 2.24) is 4.90 Å². The van der Waals surface area contributed by atoms with Crippen LogP contribution in [0.2, 0.25) is 10.0 Å². The number of anilines is 1. The van der Waals surface area contributed by atoms with E-state index in [9.17, 15) is 14.0 Å². The molecule has 0 spiro atoms. The Kier molecular flexibility index (Phi) is 6.72. The second kappa shape index (κ2) is 9.05. The number of carbonyl (C=O) groups excluding carboxylic acids is 2. The molecular weight excluding hydrogens is 442 g/mol. The van der Waals surface area contributed by atoms with Crippen molar-refractivity contribution in [3.8, 4) is 0 Å². The van der Waals surface area contributed by atoms with Crippen LogP contribution < -0.4 is 5.32 Å². The van der Waals surface area contributed by atoms with Crippen molar-refractivity contribution < 1.29 is 14.0 Å². The van der Waals surface area contributed by atoms with Gasteiger partial charge in [0.05, 0.1) is 15.6 Å². The number of nitrogens with one attached hydrogen (secondary N) is 1. The normalized spacial score (nSPS) is 15.4. The molecule has 2 aromatic rings. The molecule has 0 saturated carbocycles. The van der Waals surface area contributed by atoms with Crippen molar-refractivity contribution in [1.29, 1.82) is 0 Å². The van der Waals surface area contributed by atoms with E-state index in [0.29, 0.717) is 30.5 Å². The van der Waals surface area contributed by atoms with Crippen molar-refractivity contribution in [3.05, 3.63) is 68.8 Å². The Morgan fingerprint density at radius 2 is 2.00 bits per heavy atom. The van der Waals surface area contributed by atoms with Crippen molar-refractivity contribution in [2.45, 2.75) is 6.42 Å². The number of nitrogens with zero attached hydrogens (tertiary/aromatic N) is 1. The van der Waals surface area contributed by atoms with Gasteiger partial charge < -0.3 is 5.32 Å². The van der Waals surface area contributed by atoms with Crippen LogP contribution in [0, 0.1) is 5.82 Å². The molecule has 0 aliphatic carbocycles. The Morgan fingerprint density at radius 1 is 1.25 bits per heavy atom. The van der Waals surface area contributed by atoms with Crippen LogP contribution in [0.5, 0.6) is 0 Å². The molecule has 0 unspecified atom stereocenters. The van der Waals surface area contributed by atoms with E-state index in [-0.39, 0.29) is 24.8 Å². The fourth-order valence-corrected chi connectivity index (χ4v) is 4.20. The first kappa shape index (κ1) is 20.8. The molecular formula is C19H13Cl2FN2O2S2. The third-order valence-corrected chi connectivity index (χ3v) is 5.76. The molecule has 0 aromatic heterocycles. The van der Waals surface area contributed by atoms with Gasteiger partial charge in [0.25, 0.3) is 5.91 Å². The monoisotopic (exact) mass is 454 g/mol. The minimum atomic E-state index is -0.424. The third-order valence-electron chi connectivity index (χ3n) is 3.83. The van der Waals surface area contributed by atoms with E-state index in [4.69, 9.17) is 35.4 Å². The van der Waals surface area contributed by atoms with Gasteiger partial charge in [0.2, 0.25) is 5.91 Å². The smallest absolute Gasteiger partial charge is 0.266 e. The van der Waals surface area contributed by atoms with E-state index in [1.807, 2.05) is 0 Å². The SMILES string of the molecule is O=C(CCN1C(=O)C(=Cc2ccccc2F)SC1=S)Nc1ccc(Cl)cc1Cl. The zero-order valence-corrected chi connectivity index (χ0v) is 17.4. The lowest BCUT2D eigenvalue weighted by Gasteiger charge is -2.14. The summed E-state index contributed by atoms with van der Waals surface area (Å²) in [5.41, 5.74) is 0.735. The zero-order valence-electron chi connectivity index (χ0n) is 14.2. The Labute approximate surface area is 180 Å². The number of hydrogen-bond donors (Lipinski definition) is 1. The Balaban J connectivity index is 1.63. The number of benzene rings is 2. The molecule has 0 atom stereocenters. The van der Waals surface area contributed by atoms with E-state index < -0.39 is 5.82 Å². The molecule has 28 heavy (non-hydrogen) atoms. The van der Waals surface area contributed by atoms with Crippen molar-refractivity contribution in [3.63, 3.8) is 0 Å². The number of hydrogen-bond acceptors (Lipinski definition) is 4. The van der Waals surface area contributed by atoms with Crippen LogP contribution in [-0.2, 0) is 9.59 Å². The molecule has 1 aliphatic rings. The molecule has 1 aliphatic heterocycles. The van der Waals surface area contributed by atoms with Crippen LogP contribution in [0.15, 0.2) is 47.4 Å². The van der Waals surface area contributed by atoms with Gasteiger partial charge in [-0.2, -0.15) is 0 Å². The summed E-state index contributed by atoms with van der Waals surface area (Å²) in [6.45, 7) is 0.107. The van der Waals surface area contributed by atoms with Gasteiger partial charge in [-0.25, -0.2) is 4.39 Å². The van der Waals surface area contributed by atoms with Gasteiger partial charge in [-0.15, -0.1) is 0 Å². The van der Waals surface area contributed by atoms with Crippen LogP contribution >= 0.6 is 47.2 Å². The predicted molar refractivity (Wildman–Crippen MR) is 116 cm³/mol. The first-order valence-electron chi connectivity index (χ1n) is 8.10. The highest BCUT2D eigenvalue weighted by atomic mass is 35.5. The number of thiocarbonyl (C=S) groups is 1. The summed E-state index contributed by atoms with van der Waals surface area (Å²) in [5, 5.41) is 3.45. The van der Waals surface area contributed by atoms with Gasteiger partial charge in [0.15, 0.2) is 0 Å². The van der Waals surface area contributed by atoms with Crippen LogP contribution in [-0.4, -0.2) is 27.6 Å². The summed E-state index contributed by atoms with van der Waals surface area (Å²) < 4.78 is 14.1. The summed E-state index contributed by atoms with van der Waals surface area (Å²) in [6, 6.07) is 10.9. The summed E-state index contributed by atoms with van der Waals surface area (Å²) in [7, 11) is 0. The first-order chi connectivity index (χ1) is 13.3. The highest BCUT2D eigenvalue weighted by Crippen LogP contribution is 2.33. The Morgan fingerprint density at radius 3 is 2.71 bits per heavy atom. The number of rotatable bonds is 5. The van der Waals surface area contributed by atoms with E-state index in [1.165, 1.54) is 23.1 Å². The average Bonchev–Trinajstić information content (AvgIpc) is 2.91. The van der Waals surface area contributed by atoms with Crippen molar-refractivity contribution >= 4 is 75.1 Å². The van der Waals surface area contributed by atoms with Crippen molar-refractivity contribution in [2.75, 3.05) is 11.9 Å². The highest BCUT2D eigenvalue weighted by molar-refractivity contribution is 8.26. The largest absolute Gasteiger partial charge is 0.325 e. The van der Waals surface area contributed by atoms with Crippen LogP contribution in [0.4, 0.5) is 10.1 Å². The maximum Gasteiger partial charge on any atom is 0.266 e. The highest BCUT2D eigenvalue weighted by Gasteiger charge is 2.32. The Bertz CT molecular complexity index is 998. The standard InChI is InChI=1S/C19H13Cl2FN2O2S2/c20-12-5-6-15(13(21)10-12)23-17(25)7-8-24-18(26)16(28-19(24)27)9-11-3-1-2-4-14(11)22/h1-6,9-10H,7-8H2,(H,23,25). The van der Waals surface area contributed by atoms with Gasteiger partial charge in [0.1, 0.15) is 10.1 Å². The molecule has 1 N–H and O–H groups in total. The fraction of sp³-hybridized carbons (Fsp3) is 0.105. The fourth-order valence-electron chi connectivity index (χ4n) is 2.44. The van der Waals surface area contributed by atoms with Gasteiger partial charge in [-0.1, -0.05) is 65.4 Å². The predicted octanol–water partition coefficient (Wildman–Crippen LogP) is 5.36. The Hall–Kier alpha value is -1.93. The maximum atomic E-state index is 13.8. The van der Waals surface area contributed by atoms with Gasteiger partial charge in [-0.05, 0) is 30.3 Å². The summed E-state index contributed by atoms with van der Waals surface area (Å²) >= 11 is 18.2. The average molecular weight is 455 g/mol. The molecule has 1 heterocycles. The number of carbonyl (C=O) groups is 2. The molecule has 9 heteroatoms. The summed E-state index contributed by atoms with van der Waals surface area (Å²) in [4.78, 5) is 26.4. The van der Waals surface area contributed by atoms with Crippen LogP contribution in [0.1, 0.15) is 12.0 Å². The molecule has 144 valence electrons. The maximum absolute atomic E-state index is 13.8. The quantitative estimate of drug-likeness (QED) is 0.487. The van der Waals surface area contributed by atoms with Crippen molar-refractivity contribution in [2.24, 2.45) is 0 Å². The molecule has 1 fully saturated rings. The minimum absolute atomic E-state index is 0.0262. The molecule has 2 amide bonds. The minimum Gasteiger partial charge on any atom is -0.325 e. The van der Waals surface area contributed by atoms with E-state index >= 15 is 0 Å². The zero-order chi connectivity index (χ0) is 20.3. The first-order valence-corrected chi connectivity index (χ1v) is 10.1. The van der Waals surface area contributed by atoms with E-state index in [2.05, 4.69) is 5.32 Å². The lowest BCUT2D eigenvalue weighted by atomic mass is 10.2. The topological polar surface area (TPSA) is 49.4 Å². The summed E-state index contributed by atoms with van der Waals surface area (Å²) in [5.74, 6) is -1.10. The molecule has 3 rings (SSSR count). The van der Waals surface area contributed by atoms with E-state index in [1.54, 1.807) is 30.3 Å². The van der Waals surface area contributed by atoms with Gasteiger partial charge in [0, 0.05) is 23.6 Å². The lowest BCUT2D eigenvalue weighted by molar-refractivity contribution is -0.122. The van der Waals surface area contributed by atoms with Gasteiger partial charge in [-0.3, -0.25) is 14.5 Å². The van der Waals surface area contributed by atoms with Crippen LogP contribution in [0.25, 0.3) is 6.08 Å². The second-order valence-electron chi connectivity index (χ2n) is 5.78. The number of thioether (sulfide) groups is 1.